The van der Waals surface area contributed by atoms with Crippen molar-refractivity contribution in [3.8, 4) is 5.69 Å². The van der Waals surface area contributed by atoms with Gasteiger partial charge in [0.2, 0.25) is 0 Å². The molecule has 2 atom stereocenters. The number of nitrogens with zero attached hydrogens (tertiary/aromatic N) is 3. The Balaban J connectivity index is 1.66. The third kappa shape index (κ3) is 3.39. The number of halogens is 1. The van der Waals surface area contributed by atoms with E-state index in [9.17, 15) is 14.3 Å². The molecule has 1 aliphatic heterocycles. The lowest BCUT2D eigenvalue weighted by atomic mass is 9.87. The largest absolute Gasteiger partial charge is 0.481 e. The fraction of sp³-hybridized carbons (Fsp3) is 0.423. The number of aromatic amines is 1. The lowest BCUT2D eigenvalue weighted by molar-refractivity contribution is -0.141. The van der Waals surface area contributed by atoms with Crippen molar-refractivity contribution in [1.29, 1.82) is 0 Å². The quantitative estimate of drug-likeness (QED) is 0.434. The number of carbonyl (C=O) groups is 1. The Bertz CT molecular complexity index is 1400. The molecule has 7 nitrogen and oxygen atoms in total. The number of H-pyrrole nitrogens is 1. The maximum atomic E-state index is 14.2. The standard InChI is InChI=1S/C26H27FN4O3/c1-14-10-19(4-5-20(14)27)31-21-12-18-13-28-30-25(18)29-23(21)22(16-2-3-17(11-16)26(32)33)24(31)15-6-8-34-9-7-15/h4-5,10,12-13,15-17H,2-3,6-9,11H2,1H3,(H,32,33)(H,28,29,30). The van der Waals surface area contributed by atoms with Gasteiger partial charge < -0.3 is 14.4 Å². The molecule has 0 amide bonds. The number of aromatic nitrogens is 4. The van der Waals surface area contributed by atoms with Gasteiger partial charge in [-0.2, -0.15) is 5.10 Å². The fourth-order valence-electron chi connectivity index (χ4n) is 5.90. The Hall–Kier alpha value is -3.26. The van der Waals surface area contributed by atoms with Crippen molar-refractivity contribution in [2.75, 3.05) is 13.2 Å². The van der Waals surface area contributed by atoms with Crippen LogP contribution in [0.3, 0.4) is 0 Å². The van der Waals surface area contributed by atoms with Crippen LogP contribution in [0, 0.1) is 18.7 Å². The van der Waals surface area contributed by atoms with Crippen molar-refractivity contribution in [2.24, 2.45) is 5.92 Å². The van der Waals surface area contributed by atoms with Crippen molar-refractivity contribution in [3.63, 3.8) is 0 Å². The minimum atomic E-state index is -0.725. The number of fused-ring (bicyclic) bond motifs is 2. The second kappa shape index (κ2) is 8.20. The molecule has 8 heteroatoms. The number of ether oxygens (including phenoxy) is 1. The van der Waals surface area contributed by atoms with Gasteiger partial charge in [0.05, 0.1) is 23.1 Å². The summed E-state index contributed by atoms with van der Waals surface area (Å²) < 4.78 is 22.1. The third-order valence-corrected chi connectivity index (χ3v) is 7.62. The number of nitrogens with one attached hydrogen (secondary N) is 1. The Labute approximate surface area is 195 Å². The summed E-state index contributed by atoms with van der Waals surface area (Å²) >= 11 is 0. The van der Waals surface area contributed by atoms with Crippen LogP contribution in [0.15, 0.2) is 30.5 Å². The molecular formula is C26H27FN4O3. The number of hydrogen-bond donors (Lipinski definition) is 2. The normalized spacial score (nSPS) is 21.6. The van der Waals surface area contributed by atoms with Crippen molar-refractivity contribution in [3.05, 3.63) is 53.1 Å². The summed E-state index contributed by atoms with van der Waals surface area (Å²) in [5.74, 6) is -0.934. The van der Waals surface area contributed by atoms with Crippen molar-refractivity contribution >= 4 is 28.0 Å². The second-order valence-electron chi connectivity index (χ2n) is 9.66. The van der Waals surface area contributed by atoms with Crippen LogP contribution in [0.25, 0.3) is 27.8 Å². The first-order chi connectivity index (χ1) is 16.5. The fourth-order valence-corrected chi connectivity index (χ4v) is 5.90. The number of carboxylic acid groups (broad SMARTS) is 1. The molecular weight excluding hydrogens is 435 g/mol. The highest BCUT2D eigenvalue weighted by Crippen LogP contribution is 2.47. The highest BCUT2D eigenvalue weighted by molar-refractivity contribution is 5.94. The van der Waals surface area contributed by atoms with Crippen LogP contribution >= 0.6 is 0 Å². The van der Waals surface area contributed by atoms with E-state index in [0.29, 0.717) is 37.3 Å². The Morgan fingerprint density at radius 1 is 1.18 bits per heavy atom. The van der Waals surface area contributed by atoms with E-state index >= 15 is 0 Å². The molecule has 4 aromatic rings. The highest BCUT2D eigenvalue weighted by atomic mass is 19.1. The van der Waals surface area contributed by atoms with Crippen molar-refractivity contribution in [1.82, 2.24) is 19.7 Å². The zero-order valence-corrected chi connectivity index (χ0v) is 19.1. The molecule has 2 aliphatic rings. The highest BCUT2D eigenvalue weighted by Gasteiger charge is 2.37. The molecule has 0 radical (unpaired) electrons. The van der Waals surface area contributed by atoms with E-state index in [2.05, 4.69) is 20.8 Å². The predicted molar refractivity (Wildman–Crippen MR) is 126 cm³/mol. The van der Waals surface area contributed by atoms with Gasteiger partial charge in [-0.15, -0.1) is 0 Å². The number of hydrogen-bond acceptors (Lipinski definition) is 4. The average molecular weight is 463 g/mol. The summed E-state index contributed by atoms with van der Waals surface area (Å²) in [5.41, 5.74) is 6.36. The van der Waals surface area contributed by atoms with E-state index in [1.165, 1.54) is 11.8 Å². The molecule has 2 N–H and O–H groups in total. The van der Waals surface area contributed by atoms with E-state index in [-0.39, 0.29) is 23.6 Å². The zero-order valence-electron chi connectivity index (χ0n) is 19.1. The Morgan fingerprint density at radius 3 is 2.74 bits per heavy atom. The maximum Gasteiger partial charge on any atom is 0.306 e. The number of rotatable bonds is 4. The molecule has 3 aromatic heterocycles. The molecule has 1 aliphatic carbocycles. The van der Waals surface area contributed by atoms with Gasteiger partial charge in [-0.1, -0.05) is 0 Å². The predicted octanol–water partition coefficient (Wildman–Crippen LogP) is 5.21. The summed E-state index contributed by atoms with van der Waals surface area (Å²) in [6.07, 6.45) is 5.63. The van der Waals surface area contributed by atoms with Crippen LogP contribution in [0.4, 0.5) is 4.39 Å². The summed E-state index contributed by atoms with van der Waals surface area (Å²) in [6.45, 7) is 3.16. The summed E-state index contributed by atoms with van der Waals surface area (Å²) in [7, 11) is 0. The molecule has 2 unspecified atom stereocenters. The van der Waals surface area contributed by atoms with E-state index in [1.54, 1.807) is 13.1 Å². The number of aliphatic carboxylic acids is 1. The topological polar surface area (TPSA) is 93.0 Å². The van der Waals surface area contributed by atoms with Crippen molar-refractivity contribution in [2.45, 2.75) is 50.9 Å². The minimum Gasteiger partial charge on any atom is -0.481 e. The molecule has 2 fully saturated rings. The first kappa shape index (κ1) is 21.3. The SMILES string of the molecule is Cc1cc(-n2c(C3CCOCC3)c(C3CCC(C(=O)O)C3)c3nc4[nH]ncc4cc32)ccc1F. The Kier molecular flexibility index (Phi) is 5.13. The van der Waals surface area contributed by atoms with Crippen LogP contribution in [0.5, 0.6) is 0 Å². The molecule has 6 rings (SSSR count). The third-order valence-electron chi connectivity index (χ3n) is 7.62. The zero-order chi connectivity index (χ0) is 23.4. The monoisotopic (exact) mass is 462 g/mol. The van der Waals surface area contributed by atoms with Crippen molar-refractivity contribution < 1.29 is 19.0 Å². The van der Waals surface area contributed by atoms with E-state index in [1.807, 2.05) is 12.1 Å². The number of pyridine rings is 1. The molecule has 1 saturated carbocycles. The van der Waals surface area contributed by atoms with Gasteiger partial charge in [0.25, 0.3) is 0 Å². The summed E-state index contributed by atoms with van der Waals surface area (Å²) in [4.78, 5) is 16.8. The van der Waals surface area contributed by atoms with Gasteiger partial charge in [0.15, 0.2) is 5.65 Å². The number of benzene rings is 1. The molecule has 0 spiro atoms. The average Bonchev–Trinajstić information content (AvgIpc) is 3.56. The van der Waals surface area contributed by atoms with Gasteiger partial charge >= 0.3 is 5.97 Å². The van der Waals surface area contributed by atoms with Gasteiger partial charge in [-0.3, -0.25) is 9.89 Å². The van der Waals surface area contributed by atoms with Gasteiger partial charge in [-0.05, 0) is 74.8 Å². The van der Waals surface area contributed by atoms with Crippen LogP contribution < -0.4 is 0 Å². The van der Waals surface area contributed by atoms with Gasteiger partial charge in [0, 0.05) is 41.5 Å². The second-order valence-corrected chi connectivity index (χ2v) is 9.66. The molecule has 176 valence electrons. The molecule has 1 saturated heterocycles. The molecule has 1 aromatic carbocycles. The van der Waals surface area contributed by atoms with Crippen LogP contribution in [0.2, 0.25) is 0 Å². The van der Waals surface area contributed by atoms with E-state index in [0.717, 1.165) is 46.9 Å². The first-order valence-corrected chi connectivity index (χ1v) is 12.0. The summed E-state index contributed by atoms with van der Waals surface area (Å²) in [6, 6.07) is 7.32. The summed E-state index contributed by atoms with van der Waals surface area (Å²) in [5, 5.41) is 17.7. The lowest BCUT2D eigenvalue weighted by Gasteiger charge is -2.27. The minimum absolute atomic E-state index is 0.108. The van der Waals surface area contributed by atoms with E-state index in [4.69, 9.17) is 9.72 Å². The molecule has 4 heterocycles. The number of aryl methyl sites for hydroxylation is 1. The van der Waals surface area contributed by atoms with Gasteiger partial charge in [-0.25, -0.2) is 9.37 Å². The first-order valence-electron chi connectivity index (χ1n) is 12.0. The van der Waals surface area contributed by atoms with Crippen LogP contribution in [-0.4, -0.2) is 44.0 Å². The molecule has 34 heavy (non-hydrogen) atoms. The Morgan fingerprint density at radius 2 is 2.00 bits per heavy atom. The smallest absolute Gasteiger partial charge is 0.306 e. The van der Waals surface area contributed by atoms with E-state index < -0.39 is 5.97 Å². The molecule has 0 bridgehead atoms. The van der Waals surface area contributed by atoms with Gasteiger partial charge in [0.1, 0.15) is 5.82 Å². The number of carboxylic acids is 1. The maximum absolute atomic E-state index is 14.2. The van der Waals surface area contributed by atoms with Crippen LogP contribution in [-0.2, 0) is 9.53 Å². The lowest BCUT2D eigenvalue weighted by Crippen LogP contribution is -2.19. The van der Waals surface area contributed by atoms with Crippen LogP contribution in [0.1, 0.15) is 60.8 Å².